The van der Waals surface area contributed by atoms with Crippen LogP contribution in [0, 0.1) is 6.92 Å². The van der Waals surface area contributed by atoms with Crippen molar-refractivity contribution in [2.45, 2.75) is 23.4 Å². The van der Waals surface area contributed by atoms with E-state index < -0.39 is 0 Å². The molecular formula is C20H17NO2S3. The van der Waals surface area contributed by atoms with Crippen molar-refractivity contribution in [2.24, 2.45) is 0 Å². The molecule has 0 saturated carbocycles. The highest BCUT2D eigenvalue weighted by Crippen LogP contribution is 2.33. The number of carbonyl (C=O) groups is 1. The summed E-state index contributed by atoms with van der Waals surface area (Å²) < 4.78 is 7.14. The van der Waals surface area contributed by atoms with Gasteiger partial charge in [0.05, 0.1) is 10.8 Å². The van der Waals surface area contributed by atoms with Gasteiger partial charge in [-0.05, 0) is 41.4 Å². The molecule has 1 N–H and O–H groups in total. The number of carbonyl (C=O) groups excluding carboxylic acids is 1. The first-order valence-corrected chi connectivity index (χ1v) is 10.9. The first-order valence-electron chi connectivity index (χ1n) is 8.20. The standard InChI is InChI=1S/C20H17NO2S3/c1-13-8-10-24-17(13)11-21-20(22)19-15(12-26-18-7-4-9-25-18)14-5-2-3-6-16(14)23-19/h2-10H,11-12H2,1H3,(H,21,22). The summed E-state index contributed by atoms with van der Waals surface area (Å²) in [4.78, 5) is 14.0. The van der Waals surface area contributed by atoms with E-state index in [0.29, 0.717) is 18.1 Å². The lowest BCUT2D eigenvalue weighted by Gasteiger charge is -2.05. The van der Waals surface area contributed by atoms with E-state index in [9.17, 15) is 4.79 Å². The number of para-hydroxylation sites is 1. The van der Waals surface area contributed by atoms with E-state index >= 15 is 0 Å². The van der Waals surface area contributed by atoms with Crippen molar-refractivity contribution in [2.75, 3.05) is 0 Å². The Morgan fingerprint density at radius 2 is 2.00 bits per heavy atom. The van der Waals surface area contributed by atoms with Crippen molar-refractivity contribution in [3.63, 3.8) is 0 Å². The first-order chi connectivity index (χ1) is 12.7. The maximum absolute atomic E-state index is 12.8. The highest BCUT2D eigenvalue weighted by molar-refractivity contribution is 8.00. The van der Waals surface area contributed by atoms with Crippen LogP contribution in [0.1, 0.15) is 26.6 Å². The van der Waals surface area contributed by atoms with Crippen molar-refractivity contribution in [1.29, 1.82) is 0 Å². The lowest BCUT2D eigenvalue weighted by atomic mass is 10.1. The van der Waals surface area contributed by atoms with Crippen molar-refractivity contribution in [3.05, 3.63) is 75.0 Å². The molecule has 0 aliphatic carbocycles. The van der Waals surface area contributed by atoms with E-state index in [1.807, 2.05) is 35.7 Å². The summed E-state index contributed by atoms with van der Waals surface area (Å²) in [7, 11) is 0. The lowest BCUT2D eigenvalue weighted by Crippen LogP contribution is -2.23. The second kappa shape index (κ2) is 7.70. The van der Waals surface area contributed by atoms with Crippen LogP contribution in [0.4, 0.5) is 0 Å². The molecule has 0 spiro atoms. The molecular weight excluding hydrogens is 382 g/mol. The van der Waals surface area contributed by atoms with Gasteiger partial charge < -0.3 is 9.73 Å². The Hall–Kier alpha value is -2.02. The van der Waals surface area contributed by atoms with Gasteiger partial charge in [0.15, 0.2) is 5.76 Å². The Morgan fingerprint density at radius 3 is 2.77 bits per heavy atom. The fourth-order valence-electron chi connectivity index (χ4n) is 2.74. The van der Waals surface area contributed by atoms with E-state index in [4.69, 9.17) is 4.42 Å². The van der Waals surface area contributed by atoms with Gasteiger partial charge in [0.1, 0.15) is 5.58 Å². The summed E-state index contributed by atoms with van der Waals surface area (Å²) in [5.74, 6) is 0.971. The molecule has 4 aromatic rings. The molecule has 3 heterocycles. The predicted molar refractivity (Wildman–Crippen MR) is 110 cm³/mol. The minimum absolute atomic E-state index is 0.157. The molecule has 4 rings (SSSR count). The third-order valence-electron chi connectivity index (χ3n) is 4.14. The fourth-order valence-corrected chi connectivity index (χ4v) is 5.40. The van der Waals surface area contributed by atoms with Crippen LogP contribution >= 0.6 is 34.4 Å². The monoisotopic (exact) mass is 399 g/mol. The summed E-state index contributed by atoms with van der Waals surface area (Å²) >= 11 is 5.09. The van der Waals surface area contributed by atoms with Gasteiger partial charge in [0.2, 0.25) is 0 Å². The average Bonchev–Trinajstić information content (AvgIpc) is 3.38. The summed E-state index contributed by atoms with van der Waals surface area (Å²) in [6.45, 7) is 2.58. The van der Waals surface area contributed by atoms with Gasteiger partial charge in [-0.15, -0.1) is 34.4 Å². The van der Waals surface area contributed by atoms with Gasteiger partial charge in [-0.2, -0.15) is 0 Å². The van der Waals surface area contributed by atoms with Gasteiger partial charge in [0, 0.05) is 21.6 Å². The van der Waals surface area contributed by atoms with Gasteiger partial charge in [-0.3, -0.25) is 4.79 Å². The summed E-state index contributed by atoms with van der Waals surface area (Å²) in [5, 5.41) is 8.12. The lowest BCUT2D eigenvalue weighted by molar-refractivity contribution is 0.0924. The molecule has 6 heteroatoms. The second-order valence-corrected chi connectivity index (χ2v) is 9.06. The molecule has 0 unspecified atom stereocenters. The zero-order valence-corrected chi connectivity index (χ0v) is 16.6. The van der Waals surface area contributed by atoms with Gasteiger partial charge >= 0.3 is 0 Å². The molecule has 132 valence electrons. The van der Waals surface area contributed by atoms with E-state index in [1.54, 1.807) is 34.4 Å². The highest BCUT2D eigenvalue weighted by atomic mass is 32.2. The van der Waals surface area contributed by atoms with Gasteiger partial charge in [-0.25, -0.2) is 0 Å². The van der Waals surface area contributed by atoms with Crippen molar-refractivity contribution < 1.29 is 9.21 Å². The Bertz CT molecular complexity index is 1030. The molecule has 0 aliphatic heterocycles. The number of furan rings is 1. The summed E-state index contributed by atoms with van der Waals surface area (Å²) in [6.07, 6.45) is 0. The van der Waals surface area contributed by atoms with Crippen molar-refractivity contribution >= 4 is 51.3 Å². The minimum atomic E-state index is -0.157. The highest BCUT2D eigenvalue weighted by Gasteiger charge is 2.20. The number of hydrogen-bond acceptors (Lipinski definition) is 5. The first kappa shape index (κ1) is 17.4. The number of thioether (sulfide) groups is 1. The topological polar surface area (TPSA) is 42.2 Å². The largest absolute Gasteiger partial charge is 0.451 e. The van der Waals surface area contributed by atoms with Crippen LogP contribution in [-0.4, -0.2) is 5.91 Å². The van der Waals surface area contributed by atoms with E-state index in [2.05, 4.69) is 29.8 Å². The van der Waals surface area contributed by atoms with Gasteiger partial charge in [-0.1, -0.05) is 24.3 Å². The fraction of sp³-hybridized carbons (Fsp3) is 0.150. The SMILES string of the molecule is Cc1ccsc1CNC(=O)c1oc2ccccc2c1CSc1cccs1. The molecule has 3 nitrogen and oxygen atoms in total. The van der Waals surface area contributed by atoms with Crippen LogP contribution in [0.25, 0.3) is 11.0 Å². The number of nitrogens with one attached hydrogen (secondary N) is 1. The molecule has 0 bridgehead atoms. The Balaban J connectivity index is 1.59. The number of hydrogen-bond donors (Lipinski definition) is 1. The number of aryl methyl sites for hydroxylation is 1. The Labute approximate surface area is 164 Å². The molecule has 26 heavy (non-hydrogen) atoms. The van der Waals surface area contributed by atoms with Crippen LogP contribution in [0.2, 0.25) is 0 Å². The van der Waals surface area contributed by atoms with Gasteiger partial charge in [0.25, 0.3) is 5.91 Å². The molecule has 1 amide bonds. The number of rotatable bonds is 6. The quantitative estimate of drug-likeness (QED) is 0.399. The maximum Gasteiger partial charge on any atom is 0.287 e. The average molecular weight is 400 g/mol. The molecule has 3 aromatic heterocycles. The number of benzene rings is 1. The second-order valence-electron chi connectivity index (χ2n) is 5.84. The van der Waals surface area contributed by atoms with Crippen LogP contribution < -0.4 is 5.32 Å². The molecule has 0 saturated heterocycles. The normalized spacial score (nSPS) is 11.1. The zero-order valence-electron chi connectivity index (χ0n) is 14.2. The van der Waals surface area contributed by atoms with E-state index in [1.165, 1.54) is 14.6 Å². The van der Waals surface area contributed by atoms with Crippen molar-refractivity contribution in [1.82, 2.24) is 5.32 Å². The number of fused-ring (bicyclic) bond motifs is 1. The van der Waals surface area contributed by atoms with Crippen LogP contribution in [0.3, 0.4) is 0 Å². The van der Waals surface area contributed by atoms with E-state index in [-0.39, 0.29) is 5.91 Å². The molecule has 1 aromatic carbocycles. The molecule has 0 radical (unpaired) electrons. The van der Waals surface area contributed by atoms with Crippen LogP contribution in [0.15, 0.2) is 61.9 Å². The summed E-state index contributed by atoms with van der Waals surface area (Å²) in [6, 6.07) is 14.0. The molecule has 0 aliphatic rings. The third kappa shape index (κ3) is 3.58. The van der Waals surface area contributed by atoms with E-state index in [0.717, 1.165) is 16.5 Å². The summed E-state index contributed by atoms with van der Waals surface area (Å²) in [5.41, 5.74) is 2.92. The van der Waals surface area contributed by atoms with Crippen LogP contribution in [0.5, 0.6) is 0 Å². The minimum Gasteiger partial charge on any atom is -0.451 e. The number of thiophene rings is 2. The Morgan fingerprint density at radius 1 is 1.12 bits per heavy atom. The van der Waals surface area contributed by atoms with Crippen LogP contribution in [-0.2, 0) is 12.3 Å². The van der Waals surface area contributed by atoms with Crippen molar-refractivity contribution in [3.8, 4) is 0 Å². The molecule has 0 fully saturated rings. The smallest absolute Gasteiger partial charge is 0.287 e. The maximum atomic E-state index is 12.8. The third-order valence-corrected chi connectivity index (χ3v) is 7.32. The predicted octanol–water partition coefficient (Wildman–Crippen LogP) is 6.09. The Kier molecular flexibility index (Phi) is 5.15. The molecule has 0 atom stereocenters. The number of amides is 1. The zero-order chi connectivity index (χ0) is 17.9.